The molecule has 3 rings (SSSR count). The highest BCUT2D eigenvalue weighted by molar-refractivity contribution is 5.81. The van der Waals surface area contributed by atoms with Gasteiger partial charge in [0.15, 0.2) is 11.5 Å². The number of fused-ring (bicyclic) bond motifs is 1. The van der Waals surface area contributed by atoms with Gasteiger partial charge in [-0.15, -0.1) is 0 Å². The van der Waals surface area contributed by atoms with Gasteiger partial charge in [0.25, 0.3) is 0 Å². The predicted molar refractivity (Wildman–Crippen MR) is 89.3 cm³/mol. The first-order chi connectivity index (χ1) is 11.1. The number of ether oxygens (including phenoxy) is 2. The zero-order valence-electron chi connectivity index (χ0n) is 13.4. The van der Waals surface area contributed by atoms with E-state index in [-0.39, 0.29) is 12.2 Å². The lowest BCUT2D eigenvalue weighted by Crippen LogP contribution is -2.05. The topological polar surface area (TPSA) is 48.7 Å². The van der Waals surface area contributed by atoms with Crippen LogP contribution in [0.3, 0.4) is 0 Å². The summed E-state index contributed by atoms with van der Waals surface area (Å²) in [5.74, 6) is 1.30. The van der Waals surface area contributed by atoms with Crippen LogP contribution in [-0.2, 0) is 6.61 Å². The molecule has 0 radical (unpaired) electrons. The van der Waals surface area contributed by atoms with Crippen LogP contribution in [0.15, 0.2) is 51.7 Å². The third kappa shape index (κ3) is 3.06. The van der Waals surface area contributed by atoms with Crippen molar-refractivity contribution in [1.29, 1.82) is 0 Å². The summed E-state index contributed by atoms with van der Waals surface area (Å²) >= 11 is 0. The van der Waals surface area contributed by atoms with Crippen LogP contribution in [0.1, 0.15) is 16.7 Å². The van der Waals surface area contributed by atoms with Gasteiger partial charge in [0.2, 0.25) is 0 Å². The van der Waals surface area contributed by atoms with Crippen molar-refractivity contribution in [2.75, 3.05) is 7.11 Å². The largest absolute Gasteiger partial charge is 0.493 e. The van der Waals surface area contributed by atoms with E-state index in [0.717, 1.165) is 22.1 Å². The molecule has 0 aliphatic rings. The molecule has 0 atom stereocenters. The first-order valence-electron chi connectivity index (χ1n) is 7.38. The SMILES string of the molecule is COc1ccccc1OCc1cc(=O)oc2cc(C)c(C)cc12. The van der Waals surface area contributed by atoms with Crippen LogP contribution in [0.5, 0.6) is 11.5 Å². The Labute approximate surface area is 134 Å². The van der Waals surface area contributed by atoms with Crippen LogP contribution < -0.4 is 15.1 Å². The summed E-state index contributed by atoms with van der Waals surface area (Å²) < 4.78 is 16.4. The molecule has 2 aromatic carbocycles. The van der Waals surface area contributed by atoms with E-state index >= 15 is 0 Å². The summed E-state index contributed by atoms with van der Waals surface area (Å²) in [6, 6.07) is 12.8. The number of hydrogen-bond donors (Lipinski definition) is 0. The van der Waals surface area contributed by atoms with Crippen molar-refractivity contribution in [2.24, 2.45) is 0 Å². The summed E-state index contributed by atoms with van der Waals surface area (Å²) in [5.41, 5.74) is 3.23. The molecule has 4 heteroatoms. The van der Waals surface area contributed by atoms with Gasteiger partial charge in [0, 0.05) is 17.0 Å². The summed E-state index contributed by atoms with van der Waals surface area (Å²) in [7, 11) is 1.60. The van der Waals surface area contributed by atoms with Crippen LogP contribution in [-0.4, -0.2) is 7.11 Å². The quantitative estimate of drug-likeness (QED) is 0.683. The molecule has 4 nitrogen and oxygen atoms in total. The Kier molecular flexibility index (Phi) is 4.06. The maximum absolute atomic E-state index is 11.8. The Bertz CT molecular complexity index is 909. The Balaban J connectivity index is 1.99. The van der Waals surface area contributed by atoms with Crippen LogP contribution >= 0.6 is 0 Å². The second-order valence-electron chi connectivity index (χ2n) is 5.46. The van der Waals surface area contributed by atoms with E-state index < -0.39 is 0 Å². The normalized spacial score (nSPS) is 10.7. The third-order valence-corrected chi connectivity index (χ3v) is 3.90. The van der Waals surface area contributed by atoms with E-state index in [0.29, 0.717) is 17.1 Å². The van der Waals surface area contributed by atoms with Gasteiger partial charge in [-0.25, -0.2) is 4.79 Å². The summed E-state index contributed by atoms with van der Waals surface area (Å²) in [6.07, 6.45) is 0. The summed E-state index contributed by atoms with van der Waals surface area (Å²) in [4.78, 5) is 11.8. The fourth-order valence-electron chi connectivity index (χ4n) is 2.50. The zero-order valence-corrected chi connectivity index (χ0v) is 13.4. The van der Waals surface area contributed by atoms with Gasteiger partial charge in [-0.3, -0.25) is 0 Å². The number of benzene rings is 2. The van der Waals surface area contributed by atoms with Crippen molar-refractivity contribution in [3.63, 3.8) is 0 Å². The molecule has 118 valence electrons. The summed E-state index contributed by atoms with van der Waals surface area (Å²) in [5, 5.41) is 0.891. The van der Waals surface area contributed by atoms with Gasteiger partial charge in [0.1, 0.15) is 12.2 Å². The van der Waals surface area contributed by atoms with Crippen molar-refractivity contribution in [2.45, 2.75) is 20.5 Å². The van der Waals surface area contributed by atoms with Gasteiger partial charge in [-0.2, -0.15) is 0 Å². The van der Waals surface area contributed by atoms with Gasteiger partial charge < -0.3 is 13.9 Å². The molecule has 1 heterocycles. The number of aryl methyl sites for hydroxylation is 2. The van der Waals surface area contributed by atoms with Crippen molar-refractivity contribution < 1.29 is 13.9 Å². The number of hydrogen-bond acceptors (Lipinski definition) is 4. The second-order valence-corrected chi connectivity index (χ2v) is 5.46. The van der Waals surface area contributed by atoms with Crippen molar-refractivity contribution in [1.82, 2.24) is 0 Å². The van der Waals surface area contributed by atoms with E-state index in [1.807, 2.05) is 50.2 Å². The highest BCUT2D eigenvalue weighted by Gasteiger charge is 2.10. The average Bonchev–Trinajstić information content (AvgIpc) is 2.54. The molecular weight excluding hydrogens is 292 g/mol. The van der Waals surface area contributed by atoms with Crippen molar-refractivity contribution in [3.05, 3.63) is 69.6 Å². The number of para-hydroxylation sites is 2. The lowest BCUT2D eigenvalue weighted by atomic mass is 10.0. The smallest absolute Gasteiger partial charge is 0.336 e. The van der Waals surface area contributed by atoms with E-state index in [4.69, 9.17) is 13.9 Å². The highest BCUT2D eigenvalue weighted by atomic mass is 16.5. The Morgan fingerprint density at radius 2 is 1.70 bits per heavy atom. The summed E-state index contributed by atoms with van der Waals surface area (Å²) in [6.45, 7) is 4.29. The molecule has 0 aliphatic heterocycles. The molecule has 3 aromatic rings. The third-order valence-electron chi connectivity index (χ3n) is 3.90. The standard InChI is InChI=1S/C19H18O4/c1-12-8-15-14(10-19(20)23-18(15)9-13(12)2)11-22-17-7-5-4-6-16(17)21-3/h4-10H,11H2,1-3H3. The molecule has 0 amide bonds. The Morgan fingerprint density at radius 3 is 2.43 bits per heavy atom. The molecule has 0 bridgehead atoms. The van der Waals surface area contributed by atoms with E-state index in [9.17, 15) is 4.79 Å². The fraction of sp³-hybridized carbons (Fsp3) is 0.211. The molecule has 0 unspecified atom stereocenters. The molecule has 0 N–H and O–H groups in total. The zero-order chi connectivity index (χ0) is 16.4. The van der Waals surface area contributed by atoms with Crippen molar-refractivity contribution >= 4 is 11.0 Å². The van der Waals surface area contributed by atoms with Gasteiger partial charge in [0.05, 0.1) is 7.11 Å². The van der Waals surface area contributed by atoms with Crippen LogP contribution in [0.4, 0.5) is 0 Å². The second kappa shape index (κ2) is 6.16. The Morgan fingerprint density at radius 1 is 1.00 bits per heavy atom. The predicted octanol–water partition coefficient (Wildman–Crippen LogP) is 4.00. The number of methoxy groups -OCH3 is 1. The van der Waals surface area contributed by atoms with Gasteiger partial charge >= 0.3 is 5.63 Å². The van der Waals surface area contributed by atoms with Crippen molar-refractivity contribution in [3.8, 4) is 11.5 Å². The minimum atomic E-state index is -0.376. The maximum atomic E-state index is 11.8. The fourth-order valence-corrected chi connectivity index (χ4v) is 2.50. The first kappa shape index (κ1) is 15.2. The molecule has 0 fully saturated rings. The van der Waals surface area contributed by atoms with Crippen LogP contribution in [0, 0.1) is 13.8 Å². The van der Waals surface area contributed by atoms with Gasteiger partial charge in [-0.1, -0.05) is 12.1 Å². The average molecular weight is 310 g/mol. The van der Waals surface area contributed by atoms with E-state index in [1.54, 1.807) is 7.11 Å². The minimum absolute atomic E-state index is 0.269. The van der Waals surface area contributed by atoms with Crippen LogP contribution in [0.25, 0.3) is 11.0 Å². The molecular formula is C19H18O4. The molecule has 0 spiro atoms. The van der Waals surface area contributed by atoms with Crippen LogP contribution in [0.2, 0.25) is 0 Å². The minimum Gasteiger partial charge on any atom is -0.493 e. The first-order valence-corrected chi connectivity index (χ1v) is 7.38. The molecule has 1 aromatic heterocycles. The molecule has 0 saturated carbocycles. The lowest BCUT2D eigenvalue weighted by molar-refractivity contribution is 0.285. The highest BCUT2D eigenvalue weighted by Crippen LogP contribution is 2.28. The van der Waals surface area contributed by atoms with Gasteiger partial charge in [-0.05, 0) is 49.2 Å². The maximum Gasteiger partial charge on any atom is 0.336 e. The lowest BCUT2D eigenvalue weighted by Gasteiger charge is -2.12. The monoisotopic (exact) mass is 310 g/mol. The van der Waals surface area contributed by atoms with E-state index in [2.05, 4.69) is 0 Å². The van der Waals surface area contributed by atoms with E-state index in [1.165, 1.54) is 6.07 Å². The molecule has 23 heavy (non-hydrogen) atoms. The number of rotatable bonds is 4. The molecule has 0 saturated heterocycles. The Hall–Kier alpha value is -2.75. The molecule has 0 aliphatic carbocycles.